The van der Waals surface area contributed by atoms with E-state index in [1.807, 2.05) is 30.3 Å². The van der Waals surface area contributed by atoms with Crippen molar-refractivity contribution in [2.75, 3.05) is 18.4 Å². The third-order valence-electron chi connectivity index (χ3n) is 5.20. The summed E-state index contributed by atoms with van der Waals surface area (Å²) in [6.45, 7) is 2.78. The fraction of sp³-hybridized carbons (Fsp3) is 0.290. The molecule has 0 aromatic heterocycles. The number of aldehydes is 1. The number of carbonyl (C=O) groups is 4. The topological polar surface area (TPSA) is 199 Å². The second kappa shape index (κ2) is 23.8. The number of nitrogens with one attached hydrogen (secondary N) is 1. The van der Waals surface area contributed by atoms with Crippen molar-refractivity contribution in [3.05, 3.63) is 100 Å². The molecule has 9 N–H and O–H groups in total. The summed E-state index contributed by atoms with van der Waals surface area (Å²) in [6.07, 6.45) is 4.00. The molecular formula is C31H41BrN4O6. The van der Waals surface area contributed by atoms with Crippen LogP contribution in [0.5, 0.6) is 0 Å². The summed E-state index contributed by atoms with van der Waals surface area (Å²) in [6, 6.07) is 23.5. The van der Waals surface area contributed by atoms with Crippen molar-refractivity contribution in [3.8, 4) is 0 Å². The smallest absolute Gasteiger partial charge is 0.320 e. The molecule has 0 aliphatic rings. The van der Waals surface area contributed by atoms with Crippen LogP contribution in [0.3, 0.4) is 0 Å². The van der Waals surface area contributed by atoms with Gasteiger partial charge in [-0.3, -0.25) is 19.2 Å². The van der Waals surface area contributed by atoms with Crippen molar-refractivity contribution in [2.24, 2.45) is 17.2 Å². The number of unbranched alkanes of at least 4 members (excludes halogenated alkanes) is 1. The molecule has 0 radical (unpaired) electrons. The molecule has 11 heteroatoms. The Morgan fingerprint density at radius 3 is 1.90 bits per heavy atom. The summed E-state index contributed by atoms with van der Waals surface area (Å²) in [5.74, 6) is -1.85. The lowest BCUT2D eigenvalue weighted by atomic mass is 10.1. The van der Waals surface area contributed by atoms with Crippen LogP contribution in [0.1, 0.15) is 47.7 Å². The van der Waals surface area contributed by atoms with Gasteiger partial charge in [0.1, 0.15) is 12.3 Å². The first-order valence-electron chi connectivity index (χ1n) is 13.2. The number of aliphatic carboxylic acids is 2. The van der Waals surface area contributed by atoms with Crippen LogP contribution < -0.4 is 22.5 Å². The molecule has 42 heavy (non-hydrogen) atoms. The third-order valence-corrected chi connectivity index (χ3v) is 5.73. The molecule has 1 unspecified atom stereocenters. The van der Waals surface area contributed by atoms with E-state index in [1.54, 1.807) is 36.4 Å². The predicted molar refractivity (Wildman–Crippen MR) is 169 cm³/mol. The fourth-order valence-electron chi connectivity index (χ4n) is 3.07. The maximum atomic E-state index is 10.6. The number of benzene rings is 3. The van der Waals surface area contributed by atoms with Crippen molar-refractivity contribution in [2.45, 2.75) is 45.1 Å². The minimum Gasteiger partial charge on any atom is -0.481 e. The van der Waals surface area contributed by atoms with E-state index in [2.05, 4.69) is 33.4 Å². The van der Waals surface area contributed by atoms with Gasteiger partial charge >= 0.3 is 11.9 Å². The molecule has 10 nitrogen and oxygen atoms in total. The minimum atomic E-state index is -0.933. The lowest BCUT2D eigenvalue weighted by Crippen LogP contribution is -2.29. The van der Waals surface area contributed by atoms with Crippen LogP contribution in [-0.2, 0) is 27.2 Å². The average Bonchev–Trinajstić information content (AvgIpc) is 2.96. The van der Waals surface area contributed by atoms with Gasteiger partial charge in [-0.2, -0.15) is 0 Å². The van der Waals surface area contributed by atoms with E-state index < -0.39 is 18.0 Å². The van der Waals surface area contributed by atoms with Gasteiger partial charge < -0.3 is 32.7 Å². The van der Waals surface area contributed by atoms with E-state index in [1.165, 1.54) is 12.5 Å². The Morgan fingerprint density at radius 2 is 1.45 bits per heavy atom. The third kappa shape index (κ3) is 20.9. The highest BCUT2D eigenvalue weighted by atomic mass is 79.9. The molecule has 1 atom stereocenters. The molecule has 3 aromatic carbocycles. The second-order valence-electron chi connectivity index (χ2n) is 8.87. The number of carboxylic acid groups (broad SMARTS) is 2. The number of nitrogens with two attached hydrogens (primary N) is 3. The molecule has 0 spiro atoms. The maximum absolute atomic E-state index is 10.6. The van der Waals surface area contributed by atoms with Gasteiger partial charge in [-0.1, -0.05) is 64.8 Å². The molecule has 0 fully saturated rings. The molecule has 0 bridgehead atoms. The zero-order valence-corrected chi connectivity index (χ0v) is 25.3. The number of rotatable bonds is 11. The van der Waals surface area contributed by atoms with Gasteiger partial charge in [0.15, 0.2) is 0 Å². The van der Waals surface area contributed by atoms with Crippen molar-refractivity contribution in [3.63, 3.8) is 0 Å². The minimum absolute atomic E-state index is 0.0906. The average molecular weight is 646 g/mol. The molecule has 3 rings (SSSR count). The van der Waals surface area contributed by atoms with Crippen LogP contribution in [0.25, 0.3) is 0 Å². The quantitative estimate of drug-likeness (QED) is 0.130. The number of carboxylic acids is 2. The summed E-state index contributed by atoms with van der Waals surface area (Å²) in [7, 11) is 0. The van der Waals surface area contributed by atoms with E-state index in [-0.39, 0.29) is 12.3 Å². The number of hydrogen-bond donors (Lipinski definition) is 6. The van der Waals surface area contributed by atoms with Crippen LogP contribution in [0, 0.1) is 0 Å². The number of halogens is 1. The Kier molecular flexibility index (Phi) is 21.6. The molecule has 0 aliphatic carbocycles. The SMILES string of the molecule is CC(=O)Nc1ccc(C=O)cc1.NCCCCC(N)C(=O)O.NCCc1ccccc1.O=C(O)Cc1ccc(Br)cc1. The Labute approximate surface area is 255 Å². The predicted octanol–water partition coefficient (Wildman–Crippen LogP) is 4.25. The van der Waals surface area contributed by atoms with Gasteiger partial charge in [0.05, 0.1) is 6.42 Å². The van der Waals surface area contributed by atoms with Crippen LogP contribution >= 0.6 is 15.9 Å². The lowest BCUT2D eigenvalue weighted by Gasteiger charge is -2.03. The second-order valence-corrected chi connectivity index (χ2v) is 9.79. The van der Waals surface area contributed by atoms with Crippen molar-refractivity contribution in [1.29, 1.82) is 0 Å². The molecule has 1 amide bonds. The number of hydrogen-bond acceptors (Lipinski definition) is 7. The number of carbonyl (C=O) groups excluding carboxylic acids is 2. The van der Waals surface area contributed by atoms with Crippen LogP contribution in [-0.4, -0.2) is 53.5 Å². The van der Waals surface area contributed by atoms with Gasteiger partial charge in [0, 0.05) is 22.6 Å². The van der Waals surface area contributed by atoms with Gasteiger partial charge in [0.25, 0.3) is 0 Å². The van der Waals surface area contributed by atoms with E-state index in [0.717, 1.165) is 42.1 Å². The Morgan fingerprint density at radius 1 is 0.857 bits per heavy atom. The zero-order valence-electron chi connectivity index (χ0n) is 23.7. The van der Waals surface area contributed by atoms with Gasteiger partial charge in [-0.05, 0) is 79.9 Å². The molecule has 3 aromatic rings. The Balaban J connectivity index is 0.000000537. The van der Waals surface area contributed by atoms with Crippen LogP contribution in [0.4, 0.5) is 5.69 Å². The molecular weight excluding hydrogens is 604 g/mol. The Bertz CT molecular complexity index is 1180. The first-order valence-corrected chi connectivity index (χ1v) is 14.0. The normalized spacial score (nSPS) is 10.2. The van der Waals surface area contributed by atoms with Crippen LogP contribution in [0.15, 0.2) is 83.3 Å². The Hall–Kier alpha value is -3.90. The highest BCUT2D eigenvalue weighted by molar-refractivity contribution is 9.10. The highest BCUT2D eigenvalue weighted by Crippen LogP contribution is 2.10. The molecule has 0 heterocycles. The van der Waals surface area contributed by atoms with Gasteiger partial charge in [-0.15, -0.1) is 0 Å². The largest absolute Gasteiger partial charge is 0.481 e. The van der Waals surface area contributed by atoms with E-state index in [4.69, 9.17) is 27.4 Å². The first kappa shape index (κ1) is 38.1. The molecule has 0 aliphatic heterocycles. The summed E-state index contributed by atoms with van der Waals surface area (Å²) >= 11 is 3.26. The van der Waals surface area contributed by atoms with Crippen LogP contribution in [0.2, 0.25) is 0 Å². The zero-order chi connectivity index (χ0) is 31.8. The van der Waals surface area contributed by atoms with Gasteiger partial charge in [0.2, 0.25) is 5.91 Å². The summed E-state index contributed by atoms with van der Waals surface area (Å²) < 4.78 is 0.964. The molecule has 0 saturated carbocycles. The molecule has 0 saturated heterocycles. The molecule has 228 valence electrons. The monoisotopic (exact) mass is 644 g/mol. The van der Waals surface area contributed by atoms with Gasteiger partial charge in [-0.25, -0.2) is 0 Å². The highest BCUT2D eigenvalue weighted by Gasteiger charge is 2.09. The van der Waals surface area contributed by atoms with E-state index >= 15 is 0 Å². The summed E-state index contributed by atoms with van der Waals surface area (Å²) in [4.78, 5) is 41.2. The van der Waals surface area contributed by atoms with Crippen molar-refractivity contribution < 1.29 is 29.4 Å². The number of amides is 1. The standard InChI is InChI=1S/C9H9NO2.C8H7BrO2.C8H11N.C6H14N2O2/c1-7(12)10-9-4-2-8(6-11)3-5-9;9-7-3-1-6(2-4-7)5-8(10)11;9-7-6-8-4-2-1-3-5-8;7-4-2-1-3-5(8)6(9)10/h2-6H,1H3,(H,10,12);1-4H,5H2,(H,10,11);1-5H,6-7,9H2;5H,1-4,7-8H2,(H,9,10). The number of anilines is 1. The fourth-order valence-corrected chi connectivity index (χ4v) is 3.33. The van der Waals surface area contributed by atoms with Crippen molar-refractivity contribution in [1.82, 2.24) is 0 Å². The first-order chi connectivity index (χ1) is 20.0. The van der Waals surface area contributed by atoms with E-state index in [0.29, 0.717) is 24.2 Å². The summed E-state index contributed by atoms with van der Waals surface area (Å²) in [5, 5.41) is 19.4. The maximum Gasteiger partial charge on any atom is 0.320 e. The summed E-state index contributed by atoms with van der Waals surface area (Å²) in [5.41, 5.74) is 19.2. The van der Waals surface area contributed by atoms with Crippen molar-refractivity contribution >= 4 is 45.7 Å². The van der Waals surface area contributed by atoms with E-state index in [9.17, 15) is 19.2 Å². The lowest BCUT2D eigenvalue weighted by molar-refractivity contribution is -0.139.